The van der Waals surface area contributed by atoms with E-state index in [2.05, 4.69) is 31.8 Å². The Morgan fingerprint density at radius 2 is 1.81 bits per heavy atom. The zero-order valence-electron chi connectivity index (χ0n) is 11.6. The minimum absolute atomic E-state index is 0.181. The molecule has 0 heterocycles. The first-order valence-electron chi connectivity index (χ1n) is 6.51. The number of halogens is 1. The van der Waals surface area contributed by atoms with E-state index in [-0.39, 0.29) is 12.5 Å². The summed E-state index contributed by atoms with van der Waals surface area (Å²) in [5.41, 5.74) is 5.50. The molecule has 0 fully saturated rings. The highest BCUT2D eigenvalue weighted by Crippen LogP contribution is 2.09. The van der Waals surface area contributed by atoms with Gasteiger partial charge in [0.05, 0.1) is 12.8 Å². The molecule has 0 spiro atoms. The molecule has 5 heteroatoms. The van der Waals surface area contributed by atoms with Crippen molar-refractivity contribution in [3.8, 4) is 0 Å². The molecule has 2 aromatic rings. The summed E-state index contributed by atoms with van der Waals surface area (Å²) < 4.78 is 1.01. The number of rotatable bonds is 5. The lowest BCUT2D eigenvalue weighted by molar-refractivity contribution is -0.119. The average molecular weight is 346 g/mol. The van der Waals surface area contributed by atoms with Gasteiger partial charge >= 0.3 is 0 Å². The fraction of sp³-hybridized carbons (Fsp3) is 0.125. The van der Waals surface area contributed by atoms with Gasteiger partial charge in [0, 0.05) is 10.2 Å². The Bertz CT molecular complexity index is 621. The molecule has 0 aliphatic rings. The third kappa shape index (κ3) is 5.39. The number of hydrogen-bond donors (Lipinski definition) is 2. The molecular formula is C16H16BrN3O. The Morgan fingerprint density at radius 1 is 1.14 bits per heavy atom. The number of carbonyl (C=O) groups excluding carboxylic acids is 1. The minimum Gasteiger partial charge on any atom is -0.376 e. The molecule has 0 saturated carbocycles. The topological polar surface area (TPSA) is 53.5 Å². The first-order chi connectivity index (χ1) is 10.1. The van der Waals surface area contributed by atoms with Crippen molar-refractivity contribution < 1.29 is 4.79 Å². The highest BCUT2D eigenvalue weighted by atomic mass is 79.9. The van der Waals surface area contributed by atoms with Crippen molar-refractivity contribution in [3.63, 3.8) is 0 Å². The number of benzene rings is 2. The van der Waals surface area contributed by atoms with E-state index in [0.717, 1.165) is 15.7 Å². The van der Waals surface area contributed by atoms with Crippen molar-refractivity contribution in [2.45, 2.75) is 6.92 Å². The van der Waals surface area contributed by atoms with Crippen LogP contribution in [0, 0.1) is 6.92 Å². The van der Waals surface area contributed by atoms with Gasteiger partial charge in [0.25, 0.3) is 5.91 Å². The monoisotopic (exact) mass is 345 g/mol. The van der Waals surface area contributed by atoms with E-state index in [1.54, 1.807) is 6.21 Å². The van der Waals surface area contributed by atoms with Crippen molar-refractivity contribution in [1.82, 2.24) is 5.43 Å². The SMILES string of the molecule is Cc1ccc(NCC(=O)N/N=C\c2ccc(Br)cc2)cc1. The van der Waals surface area contributed by atoms with Crippen LogP contribution >= 0.6 is 15.9 Å². The van der Waals surface area contributed by atoms with E-state index in [9.17, 15) is 4.79 Å². The maximum atomic E-state index is 11.6. The summed E-state index contributed by atoms with van der Waals surface area (Å²) in [6, 6.07) is 15.5. The molecule has 0 unspecified atom stereocenters. The van der Waals surface area contributed by atoms with Gasteiger partial charge in [-0.3, -0.25) is 4.79 Å². The molecule has 0 aliphatic heterocycles. The molecule has 2 N–H and O–H groups in total. The molecule has 0 saturated heterocycles. The number of anilines is 1. The van der Waals surface area contributed by atoms with Crippen molar-refractivity contribution in [3.05, 3.63) is 64.1 Å². The normalized spacial score (nSPS) is 10.6. The second kappa shape index (κ2) is 7.59. The molecule has 0 bridgehead atoms. The maximum absolute atomic E-state index is 11.6. The smallest absolute Gasteiger partial charge is 0.259 e. The zero-order valence-corrected chi connectivity index (χ0v) is 13.2. The Morgan fingerprint density at radius 3 is 2.48 bits per heavy atom. The standard InChI is InChI=1S/C16H16BrN3O/c1-12-2-8-15(9-3-12)18-11-16(21)20-19-10-13-4-6-14(17)7-5-13/h2-10,18H,11H2,1H3,(H,20,21)/b19-10-. The van der Waals surface area contributed by atoms with Crippen molar-refractivity contribution in [1.29, 1.82) is 0 Å². The fourth-order valence-corrected chi connectivity index (χ4v) is 1.89. The van der Waals surface area contributed by atoms with Gasteiger partial charge in [-0.25, -0.2) is 5.43 Å². The summed E-state index contributed by atoms with van der Waals surface area (Å²) >= 11 is 3.36. The Hall–Kier alpha value is -2.14. The number of aryl methyl sites for hydroxylation is 1. The number of hydrogen-bond acceptors (Lipinski definition) is 3. The third-order valence-corrected chi connectivity index (χ3v) is 3.31. The Kier molecular flexibility index (Phi) is 5.51. The van der Waals surface area contributed by atoms with Crippen LogP contribution in [0.5, 0.6) is 0 Å². The molecule has 0 radical (unpaired) electrons. The molecule has 0 aromatic heterocycles. The molecule has 4 nitrogen and oxygen atoms in total. The largest absolute Gasteiger partial charge is 0.376 e. The zero-order chi connectivity index (χ0) is 15.1. The van der Waals surface area contributed by atoms with Crippen LogP contribution in [0.25, 0.3) is 0 Å². The second-order valence-corrected chi connectivity index (χ2v) is 5.48. The van der Waals surface area contributed by atoms with E-state index >= 15 is 0 Å². The summed E-state index contributed by atoms with van der Waals surface area (Å²) in [7, 11) is 0. The van der Waals surface area contributed by atoms with Crippen LogP contribution in [0.3, 0.4) is 0 Å². The molecule has 0 atom stereocenters. The number of nitrogens with one attached hydrogen (secondary N) is 2. The molecule has 2 rings (SSSR count). The van der Waals surface area contributed by atoms with E-state index in [4.69, 9.17) is 0 Å². The summed E-state index contributed by atoms with van der Waals surface area (Å²) in [4.78, 5) is 11.6. The summed E-state index contributed by atoms with van der Waals surface area (Å²) in [6.45, 7) is 2.20. The van der Waals surface area contributed by atoms with Crippen molar-refractivity contribution >= 4 is 33.7 Å². The van der Waals surface area contributed by atoms with Gasteiger partial charge in [-0.2, -0.15) is 5.10 Å². The van der Waals surface area contributed by atoms with Crippen LogP contribution in [-0.2, 0) is 4.79 Å². The number of hydrazone groups is 1. The van der Waals surface area contributed by atoms with Gasteiger partial charge in [-0.1, -0.05) is 45.8 Å². The first-order valence-corrected chi connectivity index (χ1v) is 7.31. The van der Waals surface area contributed by atoms with Crippen LogP contribution in [-0.4, -0.2) is 18.7 Å². The summed E-state index contributed by atoms with van der Waals surface area (Å²) in [5.74, 6) is -0.191. The van der Waals surface area contributed by atoms with Crippen LogP contribution in [0.1, 0.15) is 11.1 Å². The van der Waals surface area contributed by atoms with Crippen LogP contribution in [0.2, 0.25) is 0 Å². The fourth-order valence-electron chi connectivity index (χ4n) is 1.62. The van der Waals surface area contributed by atoms with Gasteiger partial charge < -0.3 is 5.32 Å². The van der Waals surface area contributed by atoms with E-state index in [0.29, 0.717) is 0 Å². The van der Waals surface area contributed by atoms with Gasteiger partial charge in [0.1, 0.15) is 0 Å². The highest BCUT2D eigenvalue weighted by molar-refractivity contribution is 9.10. The maximum Gasteiger partial charge on any atom is 0.259 e. The quantitative estimate of drug-likeness (QED) is 0.645. The summed E-state index contributed by atoms with van der Waals surface area (Å²) in [5, 5.41) is 6.95. The molecule has 108 valence electrons. The molecular weight excluding hydrogens is 330 g/mol. The van der Waals surface area contributed by atoms with Gasteiger partial charge in [0.2, 0.25) is 0 Å². The lowest BCUT2D eigenvalue weighted by atomic mass is 10.2. The number of amides is 1. The van der Waals surface area contributed by atoms with Crippen LogP contribution in [0.4, 0.5) is 5.69 Å². The lowest BCUT2D eigenvalue weighted by Crippen LogP contribution is -2.25. The second-order valence-electron chi connectivity index (χ2n) is 4.56. The molecule has 0 aliphatic carbocycles. The van der Waals surface area contributed by atoms with Crippen molar-refractivity contribution in [2.75, 3.05) is 11.9 Å². The van der Waals surface area contributed by atoms with Gasteiger partial charge in [0.15, 0.2) is 0 Å². The van der Waals surface area contributed by atoms with E-state index < -0.39 is 0 Å². The Balaban J connectivity index is 1.77. The Labute approximate surface area is 132 Å². The van der Waals surface area contributed by atoms with Gasteiger partial charge in [-0.05, 0) is 36.8 Å². The highest BCUT2D eigenvalue weighted by Gasteiger charge is 1.99. The minimum atomic E-state index is -0.191. The van der Waals surface area contributed by atoms with Crippen molar-refractivity contribution in [2.24, 2.45) is 5.10 Å². The predicted octanol–water partition coefficient (Wildman–Crippen LogP) is 3.32. The molecule has 1 amide bonds. The molecule has 21 heavy (non-hydrogen) atoms. The number of nitrogens with zero attached hydrogens (tertiary/aromatic N) is 1. The number of carbonyl (C=O) groups is 1. The third-order valence-electron chi connectivity index (χ3n) is 2.78. The van der Waals surface area contributed by atoms with E-state index in [1.165, 1.54) is 5.56 Å². The average Bonchev–Trinajstić information content (AvgIpc) is 2.49. The summed E-state index contributed by atoms with van der Waals surface area (Å²) in [6.07, 6.45) is 1.61. The van der Waals surface area contributed by atoms with Crippen LogP contribution in [0.15, 0.2) is 58.1 Å². The van der Waals surface area contributed by atoms with Gasteiger partial charge in [-0.15, -0.1) is 0 Å². The van der Waals surface area contributed by atoms with E-state index in [1.807, 2.05) is 55.5 Å². The van der Waals surface area contributed by atoms with Crippen LogP contribution < -0.4 is 10.7 Å². The first kappa shape index (κ1) is 15.3. The lowest BCUT2D eigenvalue weighted by Gasteiger charge is -2.05. The predicted molar refractivity (Wildman–Crippen MR) is 89.5 cm³/mol. The molecule has 2 aromatic carbocycles.